The summed E-state index contributed by atoms with van der Waals surface area (Å²) in [7, 11) is -1.21. The average molecular weight is 259 g/mol. The van der Waals surface area contributed by atoms with E-state index in [2.05, 4.69) is 22.6 Å². The summed E-state index contributed by atoms with van der Waals surface area (Å²) in [5.41, 5.74) is 1.01. The number of benzene rings is 2. The summed E-state index contributed by atoms with van der Waals surface area (Å²) in [6.07, 6.45) is 1.71. The molecular weight excluding hydrogens is 242 g/mol. The third-order valence-electron chi connectivity index (χ3n) is 2.63. The Morgan fingerprint density at radius 3 is 2.44 bits per heavy atom. The molecule has 0 spiro atoms. The maximum Gasteiger partial charge on any atom is 0.144 e. The quantitative estimate of drug-likeness (QED) is 0.756. The Hall–Kier alpha value is -1.48. The van der Waals surface area contributed by atoms with Crippen molar-refractivity contribution in [2.75, 3.05) is 0 Å². The van der Waals surface area contributed by atoms with Crippen molar-refractivity contribution in [1.82, 2.24) is 0 Å². The highest BCUT2D eigenvalue weighted by molar-refractivity contribution is 7.85. The standard InChI is InChI=1S/C15H17NOS/c1-15(2,3)18(17)16-11-13-9-6-8-12-7-4-5-10-14(12)13/h4-11H,1-3H3/b16-11-. The summed E-state index contributed by atoms with van der Waals surface area (Å²) in [5.74, 6) is 0. The van der Waals surface area contributed by atoms with Gasteiger partial charge < -0.3 is 0 Å². The minimum absolute atomic E-state index is 0.318. The van der Waals surface area contributed by atoms with Crippen molar-refractivity contribution < 1.29 is 4.21 Å². The molecule has 1 unspecified atom stereocenters. The van der Waals surface area contributed by atoms with Gasteiger partial charge in [-0.1, -0.05) is 42.5 Å². The minimum Gasteiger partial charge on any atom is -0.234 e. The van der Waals surface area contributed by atoms with E-state index in [4.69, 9.17) is 0 Å². The molecule has 0 radical (unpaired) electrons. The lowest BCUT2D eigenvalue weighted by molar-refractivity contribution is 0.651. The molecule has 0 aliphatic rings. The Kier molecular flexibility index (Phi) is 3.62. The highest BCUT2D eigenvalue weighted by Crippen LogP contribution is 2.18. The van der Waals surface area contributed by atoms with Gasteiger partial charge in [-0.3, -0.25) is 0 Å². The molecule has 0 N–H and O–H groups in total. The van der Waals surface area contributed by atoms with Crippen molar-refractivity contribution in [3.63, 3.8) is 0 Å². The average Bonchev–Trinajstić information content (AvgIpc) is 2.34. The van der Waals surface area contributed by atoms with Crippen LogP contribution in [0.25, 0.3) is 10.8 Å². The SMILES string of the molecule is CC(C)(C)S(=O)/N=C\c1cccc2ccccc12. The first-order valence-corrected chi connectivity index (χ1v) is 7.03. The zero-order valence-corrected chi connectivity index (χ0v) is 11.7. The van der Waals surface area contributed by atoms with E-state index in [0.717, 1.165) is 10.9 Å². The fraction of sp³-hybridized carbons (Fsp3) is 0.267. The van der Waals surface area contributed by atoms with Crippen LogP contribution in [0, 0.1) is 0 Å². The van der Waals surface area contributed by atoms with E-state index < -0.39 is 11.0 Å². The topological polar surface area (TPSA) is 29.4 Å². The first-order chi connectivity index (χ1) is 8.48. The molecule has 2 aromatic rings. The maximum absolute atomic E-state index is 11.9. The third-order valence-corrected chi connectivity index (χ3v) is 3.98. The normalized spacial score (nSPS) is 14.2. The summed E-state index contributed by atoms with van der Waals surface area (Å²) in [5, 5.41) is 2.30. The first-order valence-electron chi connectivity index (χ1n) is 5.92. The van der Waals surface area contributed by atoms with Crippen LogP contribution in [0.3, 0.4) is 0 Å². The van der Waals surface area contributed by atoms with E-state index >= 15 is 0 Å². The Balaban J connectivity index is 2.38. The van der Waals surface area contributed by atoms with Crippen LogP contribution in [0.1, 0.15) is 26.3 Å². The molecule has 0 amide bonds. The van der Waals surface area contributed by atoms with Gasteiger partial charge in [0.2, 0.25) is 0 Å². The summed E-state index contributed by atoms with van der Waals surface area (Å²) in [6.45, 7) is 5.76. The molecule has 2 rings (SSSR count). The molecule has 0 aliphatic heterocycles. The molecule has 0 saturated carbocycles. The number of rotatable bonds is 2. The lowest BCUT2D eigenvalue weighted by Crippen LogP contribution is -2.19. The molecule has 0 bridgehead atoms. The molecule has 1 atom stereocenters. The molecule has 2 aromatic carbocycles. The van der Waals surface area contributed by atoms with E-state index in [0.29, 0.717) is 0 Å². The van der Waals surface area contributed by atoms with Gasteiger partial charge in [0.25, 0.3) is 0 Å². The second kappa shape index (κ2) is 5.02. The fourth-order valence-corrected chi connectivity index (χ4v) is 2.15. The van der Waals surface area contributed by atoms with Gasteiger partial charge in [0, 0.05) is 11.8 Å². The zero-order chi connectivity index (χ0) is 13.2. The van der Waals surface area contributed by atoms with Gasteiger partial charge in [-0.05, 0) is 31.5 Å². The van der Waals surface area contributed by atoms with Crippen molar-refractivity contribution >= 4 is 28.0 Å². The molecule has 0 aromatic heterocycles. The van der Waals surface area contributed by atoms with Gasteiger partial charge in [0.15, 0.2) is 0 Å². The van der Waals surface area contributed by atoms with Crippen molar-refractivity contribution in [3.8, 4) is 0 Å². The van der Waals surface area contributed by atoms with Gasteiger partial charge in [-0.25, -0.2) is 4.21 Å². The molecule has 18 heavy (non-hydrogen) atoms. The van der Waals surface area contributed by atoms with Gasteiger partial charge in [-0.2, -0.15) is 4.40 Å². The minimum atomic E-state index is -1.21. The lowest BCUT2D eigenvalue weighted by atomic mass is 10.1. The molecule has 2 nitrogen and oxygen atoms in total. The molecule has 0 heterocycles. The van der Waals surface area contributed by atoms with Crippen molar-refractivity contribution in [2.45, 2.75) is 25.5 Å². The van der Waals surface area contributed by atoms with Gasteiger partial charge in [-0.15, -0.1) is 0 Å². The smallest absolute Gasteiger partial charge is 0.144 e. The van der Waals surface area contributed by atoms with E-state index in [-0.39, 0.29) is 4.75 Å². The molecule has 94 valence electrons. The zero-order valence-electron chi connectivity index (χ0n) is 10.9. The number of hydrogen-bond acceptors (Lipinski definition) is 1. The van der Waals surface area contributed by atoms with Crippen LogP contribution in [0.5, 0.6) is 0 Å². The number of nitrogens with zero attached hydrogens (tertiary/aromatic N) is 1. The summed E-state index contributed by atoms with van der Waals surface area (Å²) < 4.78 is 15.7. The highest BCUT2D eigenvalue weighted by atomic mass is 32.2. The first kappa shape index (κ1) is 13.0. The maximum atomic E-state index is 11.9. The van der Waals surface area contributed by atoms with Crippen molar-refractivity contribution in [2.24, 2.45) is 4.40 Å². The second-order valence-corrected chi connectivity index (χ2v) is 7.10. The van der Waals surface area contributed by atoms with Crippen LogP contribution in [0.15, 0.2) is 46.9 Å². The van der Waals surface area contributed by atoms with Crippen LogP contribution in [0.2, 0.25) is 0 Å². The predicted molar refractivity (Wildman–Crippen MR) is 79.4 cm³/mol. The van der Waals surface area contributed by atoms with Crippen LogP contribution < -0.4 is 0 Å². The van der Waals surface area contributed by atoms with Crippen LogP contribution >= 0.6 is 0 Å². The van der Waals surface area contributed by atoms with Gasteiger partial charge >= 0.3 is 0 Å². The molecule has 0 saturated heterocycles. The summed E-state index contributed by atoms with van der Waals surface area (Å²) in [4.78, 5) is 0. The predicted octanol–water partition coefficient (Wildman–Crippen LogP) is 3.72. The van der Waals surface area contributed by atoms with Crippen molar-refractivity contribution in [1.29, 1.82) is 0 Å². The Morgan fingerprint density at radius 2 is 1.72 bits per heavy atom. The Labute approximate surface area is 110 Å². The van der Waals surface area contributed by atoms with Gasteiger partial charge in [0.1, 0.15) is 11.0 Å². The van der Waals surface area contributed by atoms with Crippen molar-refractivity contribution in [3.05, 3.63) is 48.0 Å². The largest absolute Gasteiger partial charge is 0.234 e. The van der Waals surface area contributed by atoms with Crippen LogP contribution in [-0.4, -0.2) is 15.2 Å². The number of fused-ring (bicyclic) bond motifs is 1. The molecule has 3 heteroatoms. The highest BCUT2D eigenvalue weighted by Gasteiger charge is 2.18. The molecule has 0 fully saturated rings. The monoisotopic (exact) mass is 259 g/mol. The van der Waals surface area contributed by atoms with Crippen LogP contribution in [-0.2, 0) is 11.0 Å². The Bertz CT molecular complexity index is 606. The summed E-state index contributed by atoms with van der Waals surface area (Å²) >= 11 is 0. The fourth-order valence-electron chi connectivity index (χ4n) is 1.63. The summed E-state index contributed by atoms with van der Waals surface area (Å²) in [6, 6.07) is 14.2. The number of hydrogen-bond donors (Lipinski definition) is 0. The van der Waals surface area contributed by atoms with Crippen LogP contribution in [0.4, 0.5) is 0 Å². The van der Waals surface area contributed by atoms with E-state index in [1.807, 2.05) is 45.0 Å². The van der Waals surface area contributed by atoms with E-state index in [1.165, 1.54) is 5.39 Å². The van der Waals surface area contributed by atoms with E-state index in [9.17, 15) is 4.21 Å². The van der Waals surface area contributed by atoms with E-state index in [1.54, 1.807) is 6.21 Å². The lowest BCUT2D eigenvalue weighted by Gasteiger charge is -2.12. The molecule has 0 aliphatic carbocycles. The second-order valence-electron chi connectivity index (χ2n) is 5.16. The third kappa shape index (κ3) is 2.85. The molecular formula is C15H17NOS. The van der Waals surface area contributed by atoms with Gasteiger partial charge in [0.05, 0.1) is 4.75 Å². The Morgan fingerprint density at radius 1 is 1.06 bits per heavy atom.